The summed E-state index contributed by atoms with van der Waals surface area (Å²) in [6.45, 7) is 8.05. The van der Waals surface area contributed by atoms with Gasteiger partial charge in [-0.05, 0) is 56.5 Å². The smallest absolute Gasteiger partial charge is 0.328 e. The van der Waals surface area contributed by atoms with Crippen LogP contribution in [0, 0.1) is 20.8 Å². The molecule has 3 heteroatoms. The van der Waals surface area contributed by atoms with Gasteiger partial charge < -0.3 is 10.0 Å². The summed E-state index contributed by atoms with van der Waals surface area (Å²) >= 11 is 0. The fourth-order valence-electron chi connectivity index (χ4n) is 2.02. The van der Waals surface area contributed by atoms with Crippen molar-refractivity contribution in [1.29, 1.82) is 0 Å². The number of carbonyl (C=O) groups is 1. The Kier molecular flexibility index (Phi) is 5.77. The molecule has 0 bridgehead atoms. The van der Waals surface area contributed by atoms with E-state index in [0.29, 0.717) is 6.54 Å². The number of aliphatic carboxylic acids is 1. The van der Waals surface area contributed by atoms with E-state index >= 15 is 0 Å². The van der Waals surface area contributed by atoms with Gasteiger partial charge in [0.05, 0.1) is 0 Å². The van der Waals surface area contributed by atoms with E-state index in [0.717, 1.165) is 13.0 Å². The number of carboxylic acid groups (broad SMARTS) is 1. The van der Waals surface area contributed by atoms with Gasteiger partial charge in [0.1, 0.15) is 0 Å². The van der Waals surface area contributed by atoms with Crippen molar-refractivity contribution < 1.29 is 9.90 Å². The zero-order valence-electron chi connectivity index (χ0n) is 12.2. The van der Waals surface area contributed by atoms with Gasteiger partial charge in [0.15, 0.2) is 0 Å². The zero-order valence-corrected chi connectivity index (χ0v) is 12.2. The molecule has 1 N–H and O–H groups in total. The Labute approximate surface area is 115 Å². The predicted octanol–water partition coefficient (Wildman–Crippen LogP) is 2.73. The van der Waals surface area contributed by atoms with Crippen LogP contribution in [0.15, 0.2) is 24.3 Å². The van der Waals surface area contributed by atoms with E-state index in [9.17, 15) is 4.79 Å². The number of nitrogens with zero attached hydrogens (tertiary/aromatic N) is 1. The second-order valence-electron chi connectivity index (χ2n) is 5.04. The van der Waals surface area contributed by atoms with Crippen molar-refractivity contribution in [2.45, 2.75) is 27.2 Å². The molecule has 0 amide bonds. The molecular formula is C16H23NO2. The molecule has 19 heavy (non-hydrogen) atoms. The number of aryl methyl sites for hydroxylation is 1. The summed E-state index contributed by atoms with van der Waals surface area (Å²) in [7, 11) is 2.00. The van der Waals surface area contributed by atoms with Gasteiger partial charge in [-0.25, -0.2) is 4.79 Å². The lowest BCUT2D eigenvalue weighted by Crippen LogP contribution is -2.21. The molecule has 0 heterocycles. The van der Waals surface area contributed by atoms with Crippen molar-refractivity contribution in [2.24, 2.45) is 0 Å². The fourth-order valence-corrected chi connectivity index (χ4v) is 2.02. The van der Waals surface area contributed by atoms with E-state index < -0.39 is 5.97 Å². The summed E-state index contributed by atoms with van der Waals surface area (Å²) in [6.07, 6.45) is 3.86. The van der Waals surface area contributed by atoms with Gasteiger partial charge in [0, 0.05) is 19.2 Å². The minimum Gasteiger partial charge on any atom is -0.478 e. The summed E-state index contributed by atoms with van der Waals surface area (Å²) in [5.74, 6) is -0.890. The predicted molar refractivity (Wildman–Crippen MR) is 78.6 cm³/mol. The number of hydrogen-bond donors (Lipinski definition) is 1. The van der Waals surface area contributed by atoms with E-state index in [2.05, 4.69) is 37.8 Å². The van der Waals surface area contributed by atoms with Crippen molar-refractivity contribution in [3.8, 4) is 0 Å². The van der Waals surface area contributed by atoms with Gasteiger partial charge in [0.2, 0.25) is 0 Å². The van der Waals surface area contributed by atoms with Gasteiger partial charge in [-0.1, -0.05) is 18.2 Å². The Bertz CT molecular complexity index is 478. The SMILES string of the molecule is Cc1ccc(CCN(C)C/C=C/C(=O)O)c(C)c1C. The van der Waals surface area contributed by atoms with Crippen molar-refractivity contribution in [3.63, 3.8) is 0 Å². The van der Waals surface area contributed by atoms with Crippen LogP contribution in [0.1, 0.15) is 22.3 Å². The Hall–Kier alpha value is -1.61. The molecule has 0 atom stereocenters. The minimum atomic E-state index is -0.890. The first-order valence-electron chi connectivity index (χ1n) is 6.55. The summed E-state index contributed by atoms with van der Waals surface area (Å²) in [5.41, 5.74) is 5.44. The first-order chi connectivity index (χ1) is 8.91. The van der Waals surface area contributed by atoms with E-state index in [4.69, 9.17) is 5.11 Å². The molecule has 1 rings (SSSR count). The highest BCUT2D eigenvalue weighted by atomic mass is 16.4. The molecule has 1 aromatic rings. The van der Waals surface area contributed by atoms with Gasteiger partial charge in [-0.2, -0.15) is 0 Å². The molecule has 0 aliphatic carbocycles. The van der Waals surface area contributed by atoms with Crippen LogP contribution in [0.5, 0.6) is 0 Å². The maximum absolute atomic E-state index is 10.4. The van der Waals surface area contributed by atoms with Gasteiger partial charge in [-0.3, -0.25) is 0 Å². The minimum absolute atomic E-state index is 0.663. The molecular weight excluding hydrogens is 238 g/mol. The van der Waals surface area contributed by atoms with Crippen molar-refractivity contribution in [2.75, 3.05) is 20.1 Å². The molecule has 104 valence electrons. The molecule has 0 saturated carbocycles. The number of rotatable bonds is 6. The number of likely N-dealkylation sites (N-methyl/N-ethyl adjacent to an activating group) is 1. The molecule has 0 aliphatic heterocycles. The topological polar surface area (TPSA) is 40.5 Å². The third-order valence-corrected chi connectivity index (χ3v) is 3.61. The van der Waals surface area contributed by atoms with Crippen LogP contribution in [-0.2, 0) is 11.2 Å². The fraction of sp³-hybridized carbons (Fsp3) is 0.438. The quantitative estimate of drug-likeness (QED) is 0.800. The highest BCUT2D eigenvalue weighted by Crippen LogP contribution is 2.17. The number of benzene rings is 1. The Balaban J connectivity index is 2.53. The van der Waals surface area contributed by atoms with Gasteiger partial charge in [-0.15, -0.1) is 0 Å². The third kappa shape index (κ3) is 4.87. The first-order valence-corrected chi connectivity index (χ1v) is 6.55. The first kappa shape index (κ1) is 15.4. The van der Waals surface area contributed by atoms with Crippen molar-refractivity contribution >= 4 is 5.97 Å². The molecule has 0 radical (unpaired) electrons. The Morgan fingerprint density at radius 3 is 2.58 bits per heavy atom. The summed E-state index contributed by atoms with van der Waals surface area (Å²) < 4.78 is 0. The summed E-state index contributed by atoms with van der Waals surface area (Å²) in [4.78, 5) is 12.5. The van der Waals surface area contributed by atoms with Crippen molar-refractivity contribution in [3.05, 3.63) is 46.5 Å². The lowest BCUT2D eigenvalue weighted by Gasteiger charge is -2.16. The normalized spacial score (nSPS) is 11.4. The standard InChI is InChI=1S/C16H23NO2/c1-12-7-8-15(14(3)13(12)2)9-11-17(4)10-5-6-16(18)19/h5-8H,9-11H2,1-4H3,(H,18,19)/b6-5+. The average Bonchev–Trinajstić information content (AvgIpc) is 2.35. The molecule has 0 spiro atoms. The third-order valence-electron chi connectivity index (χ3n) is 3.61. The zero-order chi connectivity index (χ0) is 14.4. The van der Waals surface area contributed by atoms with E-state index in [1.54, 1.807) is 6.08 Å². The Morgan fingerprint density at radius 1 is 1.26 bits per heavy atom. The molecule has 0 unspecified atom stereocenters. The second kappa shape index (κ2) is 7.10. The van der Waals surface area contributed by atoms with E-state index in [-0.39, 0.29) is 0 Å². The highest BCUT2D eigenvalue weighted by Gasteiger charge is 2.05. The second-order valence-corrected chi connectivity index (χ2v) is 5.04. The highest BCUT2D eigenvalue weighted by molar-refractivity contribution is 5.79. The molecule has 0 aliphatic rings. The lowest BCUT2D eigenvalue weighted by atomic mass is 9.97. The van der Waals surface area contributed by atoms with E-state index in [1.165, 1.54) is 28.3 Å². The number of hydrogen-bond acceptors (Lipinski definition) is 2. The van der Waals surface area contributed by atoms with Crippen LogP contribution in [-0.4, -0.2) is 36.1 Å². The van der Waals surface area contributed by atoms with Crippen LogP contribution in [0.25, 0.3) is 0 Å². The van der Waals surface area contributed by atoms with Crippen molar-refractivity contribution in [1.82, 2.24) is 4.90 Å². The number of carboxylic acids is 1. The monoisotopic (exact) mass is 261 g/mol. The Morgan fingerprint density at radius 2 is 1.95 bits per heavy atom. The maximum Gasteiger partial charge on any atom is 0.328 e. The van der Waals surface area contributed by atoms with Crippen LogP contribution in [0.4, 0.5) is 0 Å². The largest absolute Gasteiger partial charge is 0.478 e. The molecule has 1 aromatic carbocycles. The van der Waals surface area contributed by atoms with E-state index in [1.807, 2.05) is 7.05 Å². The summed E-state index contributed by atoms with van der Waals surface area (Å²) in [6, 6.07) is 4.36. The molecule has 3 nitrogen and oxygen atoms in total. The summed E-state index contributed by atoms with van der Waals surface area (Å²) in [5, 5.41) is 8.52. The molecule has 0 aromatic heterocycles. The van der Waals surface area contributed by atoms with Gasteiger partial charge >= 0.3 is 5.97 Å². The molecule has 0 saturated heterocycles. The average molecular weight is 261 g/mol. The molecule has 0 fully saturated rings. The van der Waals surface area contributed by atoms with Crippen LogP contribution in [0.3, 0.4) is 0 Å². The van der Waals surface area contributed by atoms with Crippen LogP contribution >= 0.6 is 0 Å². The maximum atomic E-state index is 10.4. The van der Waals surface area contributed by atoms with Crippen LogP contribution in [0.2, 0.25) is 0 Å². The van der Waals surface area contributed by atoms with Gasteiger partial charge in [0.25, 0.3) is 0 Å². The lowest BCUT2D eigenvalue weighted by molar-refractivity contribution is -0.131. The van der Waals surface area contributed by atoms with Crippen LogP contribution < -0.4 is 0 Å².